The predicted molar refractivity (Wildman–Crippen MR) is 75.4 cm³/mol. The number of rotatable bonds is 4. The summed E-state index contributed by atoms with van der Waals surface area (Å²) in [5, 5.41) is 11.8. The van der Waals surface area contributed by atoms with E-state index in [2.05, 4.69) is 4.98 Å². The lowest BCUT2D eigenvalue weighted by molar-refractivity contribution is 0.0697. The van der Waals surface area contributed by atoms with Crippen molar-refractivity contribution in [3.63, 3.8) is 0 Å². The van der Waals surface area contributed by atoms with Crippen LogP contribution >= 0.6 is 22.9 Å². The Balaban J connectivity index is 2.24. The summed E-state index contributed by atoms with van der Waals surface area (Å²) >= 11 is 7.21. The van der Waals surface area contributed by atoms with E-state index >= 15 is 0 Å². The van der Waals surface area contributed by atoms with Crippen LogP contribution in [0.2, 0.25) is 5.02 Å². The molecule has 2 rings (SSSR count). The van der Waals surface area contributed by atoms with Crippen LogP contribution < -0.4 is 0 Å². The minimum absolute atomic E-state index is 0.0390. The maximum Gasteiger partial charge on any atom is 0.337 e. The average molecular weight is 316 g/mol. The number of nitrogens with zero attached hydrogens (tertiary/aromatic N) is 1. The molecule has 7 heteroatoms. The Labute approximate surface area is 121 Å². The van der Waals surface area contributed by atoms with Gasteiger partial charge in [-0.1, -0.05) is 11.6 Å². The van der Waals surface area contributed by atoms with E-state index in [9.17, 15) is 9.00 Å². The van der Waals surface area contributed by atoms with E-state index in [0.717, 1.165) is 10.7 Å². The average Bonchev–Trinajstić information content (AvgIpc) is 2.74. The topological polar surface area (TPSA) is 67.3 Å². The first-order chi connectivity index (χ1) is 8.97. The fraction of sp³-hybridized carbons (Fsp3) is 0.167. The Bertz CT molecular complexity index is 654. The Kier molecular flexibility index (Phi) is 4.34. The molecule has 0 amide bonds. The van der Waals surface area contributed by atoms with Crippen molar-refractivity contribution < 1.29 is 14.1 Å². The highest BCUT2D eigenvalue weighted by molar-refractivity contribution is 7.84. The van der Waals surface area contributed by atoms with E-state index in [4.69, 9.17) is 16.7 Å². The number of aromatic nitrogens is 1. The van der Waals surface area contributed by atoms with Crippen molar-refractivity contribution in [2.75, 3.05) is 0 Å². The van der Waals surface area contributed by atoms with Gasteiger partial charge in [0.25, 0.3) is 0 Å². The van der Waals surface area contributed by atoms with Crippen LogP contribution in [0.3, 0.4) is 0 Å². The van der Waals surface area contributed by atoms with Gasteiger partial charge in [0, 0.05) is 16.0 Å². The van der Waals surface area contributed by atoms with Gasteiger partial charge in [-0.05, 0) is 25.1 Å². The van der Waals surface area contributed by atoms with Crippen molar-refractivity contribution in [1.29, 1.82) is 0 Å². The van der Waals surface area contributed by atoms with Crippen LogP contribution in [0.15, 0.2) is 28.5 Å². The van der Waals surface area contributed by atoms with Crippen LogP contribution in [-0.2, 0) is 16.6 Å². The highest BCUT2D eigenvalue weighted by atomic mass is 35.5. The van der Waals surface area contributed by atoms with Gasteiger partial charge in [0.15, 0.2) is 0 Å². The molecule has 0 aliphatic carbocycles. The second kappa shape index (κ2) is 5.81. The molecule has 0 radical (unpaired) electrons. The molecular weight excluding hydrogens is 306 g/mol. The summed E-state index contributed by atoms with van der Waals surface area (Å²) in [7, 11) is -1.33. The third kappa shape index (κ3) is 3.40. The zero-order valence-electron chi connectivity index (χ0n) is 9.92. The summed E-state index contributed by atoms with van der Waals surface area (Å²) in [6.45, 7) is 1.87. The molecule has 1 aromatic heterocycles. The van der Waals surface area contributed by atoms with E-state index in [1.54, 1.807) is 6.07 Å². The van der Waals surface area contributed by atoms with Gasteiger partial charge in [-0.3, -0.25) is 4.21 Å². The highest BCUT2D eigenvalue weighted by Crippen LogP contribution is 2.22. The Morgan fingerprint density at radius 2 is 2.26 bits per heavy atom. The lowest BCUT2D eigenvalue weighted by Crippen LogP contribution is -2.01. The van der Waals surface area contributed by atoms with E-state index in [1.807, 2.05) is 12.3 Å². The van der Waals surface area contributed by atoms with Crippen LogP contribution in [0.5, 0.6) is 0 Å². The Hall–Kier alpha value is -1.24. The summed E-state index contributed by atoms with van der Waals surface area (Å²) < 4.78 is 12.2. The molecule has 0 spiro atoms. The van der Waals surface area contributed by atoms with Crippen LogP contribution in [0, 0.1) is 6.92 Å². The molecule has 1 aromatic carbocycles. The number of aryl methyl sites for hydroxylation is 1. The number of hydrogen-bond acceptors (Lipinski definition) is 4. The van der Waals surface area contributed by atoms with Crippen molar-refractivity contribution in [3.8, 4) is 0 Å². The summed E-state index contributed by atoms with van der Waals surface area (Å²) in [4.78, 5) is 15.6. The molecule has 19 heavy (non-hydrogen) atoms. The molecule has 1 unspecified atom stereocenters. The molecule has 0 saturated heterocycles. The summed E-state index contributed by atoms with van der Waals surface area (Å²) in [6, 6.07) is 4.37. The number of benzene rings is 1. The number of halogens is 1. The quantitative estimate of drug-likeness (QED) is 0.941. The van der Waals surface area contributed by atoms with Gasteiger partial charge in [0.2, 0.25) is 0 Å². The van der Waals surface area contributed by atoms with Crippen molar-refractivity contribution in [1.82, 2.24) is 4.98 Å². The van der Waals surface area contributed by atoms with Gasteiger partial charge in [0.05, 0.1) is 27.1 Å². The fourth-order valence-electron chi connectivity index (χ4n) is 1.47. The third-order valence-electron chi connectivity index (χ3n) is 2.35. The standard InChI is InChI=1S/C12H10ClNO3S2/c1-7-5-18-11(14-7)6-19(17)8-2-3-10(13)9(4-8)12(15)16/h2-5H,6H2,1H3,(H,15,16). The van der Waals surface area contributed by atoms with Crippen LogP contribution in [0.1, 0.15) is 21.1 Å². The zero-order valence-corrected chi connectivity index (χ0v) is 12.3. The number of hydrogen-bond donors (Lipinski definition) is 1. The fourth-order valence-corrected chi connectivity index (χ4v) is 3.75. The van der Waals surface area contributed by atoms with Crippen molar-refractivity contribution in [3.05, 3.63) is 44.9 Å². The van der Waals surface area contributed by atoms with E-state index in [1.165, 1.54) is 23.5 Å². The molecule has 1 N–H and O–H groups in total. The molecule has 0 saturated carbocycles. The van der Waals surface area contributed by atoms with Crippen LogP contribution in [0.4, 0.5) is 0 Å². The predicted octanol–water partition coefficient (Wildman–Crippen LogP) is 3.11. The molecule has 0 fully saturated rings. The normalized spacial score (nSPS) is 12.3. The minimum Gasteiger partial charge on any atom is -0.478 e. The summed E-state index contributed by atoms with van der Waals surface area (Å²) in [5.74, 6) is -0.854. The van der Waals surface area contributed by atoms with Crippen LogP contribution in [0.25, 0.3) is 0 Å². The Morgan fingerprint density at radius 1 is 1.53 bits per heavy atom. The first-order valence-corrected chi connectivity index (χ1v) is 7.87. The first kappa shape index (κ1) is 14.2. The molecule has 2 aromatic rings. The van der Waals surface area contributed by atoms with Crippen LogP contribution in [-0.4, -0.2) is 20.3 Å². The first-order valence-electron chi connectivity index (χ1n) is 5.29. The highest BCUT2D eigenvalue weighted by Gasteiger charge is 2.14. The van der Waals surface area contributed by atoms with Gasteiger partial charge in [0.1, 0.15) is 5.01 Å². The molecule has 0 bridgehead atoms. The Morgan fingerprint density at radius 3 is 2.84 bits per heavy atom. The summed E-state index contributed by atoms with van der Waals surface area (Å²) in [6.07, 6.45) is 0. The van der Waals surface area contributed by atoms with Gasteiger partial charge < -0.3 is 5.11 Å². The maximum absolute atomic E-state index is 12.2. The smallest absolute Gasteiger partial charge is 0.337 e. The van der Waals surface area contributed by atoms with E-state index in [0.29, 0.717) is 4.90 Å². The number of thiazole rings is 1. The molecule has 1 atom stereocenters. The van der Waals surface area contributed by atoms with Crippen molar-refractivity contribution in [2.24, 2.45) is 0 Å². The second-order valence-electron chi connectivity index (χ2n) is 3.82. The molecular formula is C12H10ClNO3S2. The maximum atomic E-state index is 12.2. The molecule has 0 aliphatic heterocycles. The van der Waals surface area contributed by atoms with Gasteiger partial charge in [-0.15, -0.1) is 11.3 Å². The minimum atomic E-state index is -1.33. The molecule has 4 nitrogen and oxygen atoms in total. The van der Waals surface area contributed by atoms with Crippen molar-refractivity contribution >= 4 is 39.7 Å². The third-order valence-corrected chi connectivity index (χ3v) is 5.15. The number of carboxylic acids is 1. The monoisotopic (exact) mass is 315 g/mol. The second-order valence-corrected chi connectivity index (χ2v) is 6.62. The molecule has 100 valence electrons. The number of carboxylic acid groups (broad SMARTS) is 1. The van der Waals surface area contributed by atoms with E-state index in [-0.39, 0.29) is 16.3 Å². The zero-order chi connectivity index (χ0) is 14.0. The molecule has 0 aliphatic rings. The van der Waals surface area contributed by atoms with Crippen molar-refractivity contribution in [2.45, 2.75) is 17.6 Å². The molecule has 1 heterocycles. The van der Waals surface area contributed by atoms with Gasteiger partial charge in [-0.25, -0.2) is 9.78 Å². The van der Waals surface area contributed by atoms with Gasteiger partial charge >= 0.3 is 5.97 Å². The number of aromatic carboxylic acids is 1. The van der Waals surface area contributed by atoms with Gasteiger partial charge in [-0.2, -0.15) is 0 Å². The largest absolute Gasteiger partial charge is 0.478 e. The lowest BCUT2D eigenvalue weighted by atomic mass is 10.2. The SMILES string of the molecule is Cc1csc(CS(=O)c2ccc(Cl)c(C(=O)O)c2)n1. The summed E-state index contributed by atoms with van der Waals surface area (Å²) in [5.41, 5.74) is 0.849. The number of carbonyl (C=O) groups is 1. The van der Waals surface area contributed by atoms with E-state index < -0.39 is 16.8 Å². The lowest BCUT2D eigenvalue weighted by Gasteiger charge is -2.03.